The van der Waals surface area contributed by atoms with Crippen molar-refractivity contribution in [3.8, 4) is 5.75 Å². The lowest BCUT2D eigenvalue weighted by Gasteiger charge is -2.31. The highest BCUT2D eigenvalue weighted by atomic mass is 16.6. The lowest BCUT2D eigenvalue weighted by molar-refractivity contribution is 0.0963. The molecule has 7 heteroatoms. The van der Waals surface area contributed by atoms with Crippen LogP contribution in [0.1, 0.15) is 30.9 Å². The van der Waals surface area contributed by atoms with Gasteiger partial charge in [0.15, 0.2) is 5.96 Å². The van der Waals surface area contributed by atoms with Gasteiger partial charge in [0.2, 0.25) is 0 Å². The number of nitrogens with two attached hydrogens (primary N) is 1. The SMILES string of the molecule is CCOC(=O)N1CCC(NC(N)=NCc2ccc(C)cc2OC)CC1. The molecule has 0 atom stereocenters. The molecule has 0 aliphatic carbocycles. The Balaban J connectivity index is 1.83. The minimum atomic E-state index is -0.242. The van der Waals surface area contributed by atoms with Gasteiger partial charge in [0.25, 0.3) is 0 Å². The van der Waals surface area contributed by atoms with Crippen molar-refractivity contribution in [2.24, 2.45) is 10.7 Å². The minimum absolute atomic E-state index is 0.217. The number of carbonyl (C=O) groups is 1. The van der Waals surface area contributed by atoms with Crippen LogP contribution in [0.15, 0.2) is 23.2 Å². The predicted molar refractivity (Wildman–Crippen MR) is 97.8 cm³/mol. The number of hydrogen-bond donors (Lipinski definition) is 2. The van der Waals surface area contributed by atoms with Crippen LogP contribution in [0.5, 0.6) is 5.75 Å². The number of likely N-dealkylation sites (tertiary alicyclic amines) is 1. The van der Waals surface area contributed by atoms with Crippen LogP contribution in [0.2, 0.25) is 0 Å². The molecule has 1 aliphatic rings. The molecular formula is C18H28N4O3. The number of rotatable bonds is 5. The second-order valence-corrected chi connectivity index (χ2v) is 6.12. The highest BCUT2D eigenvalue weighted by molar-refractivity contribution is 5.78. The molecule has 7 nitrogen and oxygen atoms in total. The van der Waals surface area contributed by atoms with Gasteiger partial charge in [0.05, 0.1) is 20.3 Å². The first-order valence-corrected chi connectivity index (χ1v) is 8.65. The summed E-state index contributed by atoms with van der Waals surface area (Å²) < 4.78 is 10.4. The Kier molecular flexibility index (Phi) is 6.91. The number of nitrogens with zero attached hydrogens (tertiary/aromatic N) is 2. The second-order valence-electron chi connectivity index (χ2n) is 6.12. The van der Waals surface area contributed by atoms with E-state index in [0.29, 0.717) is 32.2 Å². The summed E-state index contributed by atoms with van der Waals surface area (Å²) in [6.45, 7) is 6.02. The van der Waals surface area contributed by atoms with Gasteiger partial charge in [-0.25, -0.2) is 9.79 Å². The van der Waals surface area contributed by atoms with E-state index >= 15 is 0 Å². The minimum Gasteiger partial charge on any atom is -0.496 e. The van der Waals surface area contributed by atoms with Crippen molar-refractivity contribution in [2.75, 3.05) is 26.8 Å². The van der Waals surface area contributed by atoms with Gasteiger partial charge in [-0.2, -0.15) is 0 Å². The van der Waals surface area contributed by atoms with Crippen molar-refractivity contribution in [3.05, 3.63) is 29.3 Å². The van der Waals surface area contributed by atoms with Crippen LogP contribution in [-0.4, -0.2) is 49.8 Å². The first-order valence-electron chi connectivity index (χ1n) is 8.65. The third kappa shape index (κ3) is 5.55. The van der Waals surface area contributed by atoms with Crippen molar-refractivity contribution in [1.82, 2.24) is 10.2 Å². The van der Waals surface area contributed by atoms with Crippen molar-refractivity contribution in [1.29, 1.82) is 0 Å². The maximum atomic E-state index is 11.7. The van der Waals surface area contributed by atoms with Gasteiger partial charge in [-0.3, -0.25) is 0 Å². The van der Waals surface area contributed by atoms with Gasteiger partial charge in [-0.15, -0.1) is 0 Å². The number of aryl methyl sites for hydroxylation is 1. The Bertz CT molecular complexity index is 610. The van der Waals surface area contributed by atoms with E-state index in [1.807, 2.05) is 32.0 Å². The molecular weight excluding hydrogens is 320 g/mol. The molecule has 1 aromatic carbocycles. The van der Waals surface area contributed by atoms with Crippen molar-refractivity contribution >= 4 is 12.1 Å². The number of piperidine rings is 1. The Labute approximate surface area is 149 Å². The number of guanidine groups is 1. The van der Waals surface area contributed by atoms with Crippen LogP contribution in [0.25, 0.3) is 0 Å². The summed E-state index contributed by atoms with van der Waals surface area (Å²) in [7, 11) is 1.65. The third-order valence-corrected chi connectivity index (χ3v) is 4.24. The second kappa shape index (κ2) is 9.15. The molecule has 1 amide bonds. The van der Waals surface area contributed by atoms with Crippen LogP contribution in [-0.2, 0) is 11.3 Å². The summed E-state index contributed by atoms with van der Waals surface area (Å²) in [5, 5.41) is 3.24. The predicted octanol–water partition coefficient (Wildman–Crippen LogP) is 2.03. The van der Waals surface area contributed by atoms with E-state index in [1.165, 1.54) is 0 Å². The number of amides is 1. The van der Waals surface area contributed by atoms with Gasteiger partial charge >= 0.3 is 6.09 Å². The molecule has 0 aromatic heterocycles. The zero-order valence-electron chi connectivity index (χ0n) is 15.2. The number of ether oxygens (including phenoxy) is 2. The number of aliphatic imine (C=N–C) groups is 1. The summed E-state index contributed by atoms with van der Waals surface area (Å²) in [5.74, 6) is 1.23. The number of carbonyl (C=O) groups excluding carboxylic acids is 1. The topological polar surface area (TPSA) is 89.2 Å². The van der Waals surface area contributed by atoms with Crippen LogP contribution in [0, 0.1) is 6.92 Å². The summed E-state index contributed by atoms with van der Waals surface area (Å²) >= 11 is 0. The standard InChI is InChI=1S/C18H28N4O3/c1-4-25-18(23)22-9-7-15(8-10-22)21-17(19)20-12-14-6-5-13(2)11-16(14)24-3/h5-6,11,15H,4,7-10,12H2,1-3H3,(H3,19,20,21). The quantitative estimate of drug-likeness (QED) is 0.628. The normalized spacial score (nSPS) is 15.8. The zero-order chi connectivity index (χ0) is 18.2. The fourth-order valence-electron chi connectivity index (χ4n) is 2.83. The number of nitrogens with one attached hydrogen (secondary N) is 1. The average Bonchev–Trinajstić information content (AvgIpc) is 2.61. The molecule has 0 saturated carbocycles. The fourth-order valence-corrected chi connectivity index (χ4v) is 2.83. The summed E-state index contributed by atoms with van der Waals surface area (Å²) in [6, 6.07) is 6.24. The molecule has 1 saturated heterocycles. The Hall–Kier alpha value is -2.44. The largest absolute Gasteiger partial charge is 0.496 e. The molecule has 1 aromatic rings. The monoisotopic (exact) mass is 348 g/mol. The van der Waals surface area contributed by atoms with E-state index in [4.69, 9.17) is 15.2 Å². The summed E-state index contributed by atoms with van der Waals surface area (Å²) in [5.41, 5.74) is 8.15. The van der Waals surface area contributed by atoms with E-state index in [2.05, 4.69) is 10.3 Å². The molecule has 1 heterocycles. The van der Waals surface area contributed by atoms with E-state index in [9.17, 15) is 4.79 Å². The molecule has 1 fully saturated rings. The Morgan fingerprint density at radius 3 is 2.76 bits per heavy atom. The van der Waals surface area contributed by atoms with E-state index < -0.39 is 0 Å². The Morgan fingerprint density at radius 2 is 2.12 bits per heavy atom. The molecule has 3 N–H and O–H groups in total. The van der Waals surface area contributed by atoms with Crippen molar-refractivity contribution in [2.45, 2.75) is 39.3 Å². The third-order valence-electron chi connectivity index (χ3n) is 4.24. The zero-order valence-corrected chi connectivity index (χ0v) is 15.2. The van der Waals surface area contributed by atoms with E-state index in [0.717, 1.165) is 29.7 Å². The summed E-state index contributed by atoms with van der Waals surface area (Å²) in [6.07, 6.45) is 1.40. The fraction of sp³-hybridized carbons (Fsp3) is 0.556. The highest BCUT2D eigenvalue weighted by Crippen LogP contribution is 2.20. The first-order chi connectivity index (χ1) is 12.0. The maximum absolute atomic E-state index is 11.7. The molecule has 0 bridgehead atoms. The molecule has 2 rings (SSSR count). The number of benzene rings is 1. The van der Waals surface area contributed by atoms with Gasteiger partial charge in [0, 0.05) is 24.7 Å². The lowest BCUT2D eigenvalue weighted by atomic mass is 10.1. The number of methoxy groups -OCH3 is 1. The first kappa shape index (κ1) is 18.9. The van der Waals surface area contributed by atoms with Crippen molar-refractivity contribution in [3.63, 3.8) is 0 Å². The van der Waals surface area contributed by atoms with Gasteiger partial charge < -0.3 is 25.4 Å². The lowest BCUT2D eigenvalue weighted by Crippen LogP contribution is -2.48. The molecule has 0 radical (unpaired) electrons. The molecule has 1 aliphatic heterocycles. The van der Waals surface area contributed by atoms with E-state index in [1.54, 1.807) is 12.0 Å². The van der Waals surface area contributed by atoms with Crippen LogP contribution >= 0.6 is 0 Å². The van der Waals surface area contributed by atoms with Crippen LogP contribution in [0.4, 0.5) is 4.79 Å². The van der Waals surface area contributed by atoms with Gasteiger partial charge in [0.1, 0.15) is 5.75 Å². The van der Waals surface area contributed by atoms with Gasteiger partial charge in [-0.05, 0) is 38.3 Å². The molecule has 25 heavy (non-hydrogen) atoms. The van der Waals surface area contributed by atoms with Crippen LogP contribution < -0.4 is 15.8 Å². The highest BCUT2D eigenvalue weighted by Gasteiger charge is 2.23. The molecule has 138 valence electrons. The van der Waals surface area contributed by atoms with E-state index in [-0.39, 0.29) is 12.1 Å². The smallest absolute Gasteiger partial charge is 0.409 e. The Morgan fingerprint density at radius 1 is 1.40 bits per heavy atom. The van der Waals surface area contributed by atoms with Crippen LogP contribution in [0.3, 0.4) is 0 Å². The maximum Gasteiger partial charge on any atom is 0.409 e. The summed E-state index contributed by atoms with van der Waals surface area (Å²) in [4.78, 5) is 17.8. The van der Waals surface area contributed by atoms with Crippen molar-refractivity contribution < 1.29 is 14.3 Å². The molecule has 0 unspecified atom stereocenters. The number of hydrogen-bond acceptors (Lipinski definition) is 4. The van der Waals surface area contributed by atoms with Gasteiger partial charge in [-0.1, -0.05) is 12.1 Å². The average molecular weight is 348 g/mol. The molecule has 0 spiro atoms.